The summed E-state index contributed by atoms with van der Waals surface area (Å²) in [4.78, 5) is 14.7. The number of halogens is 8. The normalized spacial score (nSPS) is 13.1. The van der Waals surface area contributed by atoms with Crippen molar-refractivity contribution in [2.75, 3.05) is 0 Å². The zero-order valence-electron chi connectivity index (χ0n) is 10.7. The summed E-state index contributed by atoms with van der Waals surface area (Å²) in [5, 5.41) is 1.26. The molecule has 3 nitrogen and oxygen atoms in total. The van der Waals surface area contributed by atoms with Crippen LogP contribution in [-0.4, -0.2) is 28.9 Å². The number of aromatic nitrogens is 1. The monoisotopic (exact) mass is 352 g/mol. The quantitative estimate of drug-likeness (QED) is 0.666. The molecule has 0 aliphatic carbocycles. The Morgan fingerprint density at radius 2 is 1.73 bits per heavy atom. The largest absolute Gasteiger partial charge is 0.460 e. The summed E-state index contributed by atoms with van der Waals surface area (Å²) in [6.45, 7) is 0.759. The van der Waals surface area contributed by atoms with Crippen molar-refractivity contribution >= 4 is 17.5 Å². The number of hydrogen-bond donors (Lipinski definition) is 1. The molecule has 124 valence electrons. The lowest BCUT2D eigenvalue weighted by atomic mass is 10.1. The second-order valence-corrected chi connectivity index (χ2v) is 4.66. The maximum Gasteiger partial charge on any atom is 0.460 e. The molecule has 11 heteroatoms. The zero-order chi connectivity index (χ0) is 17.3. The minimum atomic E-state index is -6.57. The van der Waals surface area contributed by atoms with Gasteiger partial charge in [-0.15, -0.1) is 0 Å². The molecule has 0 bridgehead atoms. The number of nitrogens with zero attached hydrogens (tertiary/aromatic N) is 1. The molecule has 0 radical (unpaired) electrons. The predicted molar refractivity (Wildman–Crippen MR) is 61.8 cm³/mol. The molecule has 0 unspecified atom stereocenters. The van der Waals surface area contributed by atoms with Crippen LogP contribution >= 0.6 is 11.6 Å². The third-order valence-corrected chi connectivity index (χ3v) is 2.66. The van der Waals surface area contributed by atoms with E-state index in [1.54, 1.807) is 0 Å². The maximum absolute atomic E-state index is 13.0. The number of alkyl halides is 7. The average Bonchev–Trinajstić information content (AvgIpc) is 2.33. The highest BCUT2D eigenvalue weighted by atomic mass is 35.5. The Morgan fingerprint density at radius 1 is 1.18 bits per heavy atom. The van der Waals surface area contributed by atoms with Gasteiger partial charge in [-0.25, -0.2) is 4.98 Å². The van der Waals surface area contributed by atoms with Gasteiger partial charge in [0.15, 0.2) is 0 Å². The van der Waals surface area contributed by atoms with Gasteiger partial charge in [0.25, 0.3) is 5.91 Å². The molecule has 0 aromatic carbocycles. The van der Waals surface area contributed by atoms with Crippen molar-refractivity contribution in [1.82, 2.24) is 10.3 Å². The van der Waals surface area contributed by atoms with Crippen molar-refractivity contribution in [3.63, 3.8) is 0 Å². The van der Waals surface area contributed by atoms with Gasteiger partial charge in [0.2, 0.25) is 0 Å². The Kier molecular flexibility index (Phi) is 4.95. The molecule has 0 atom stereocenters. The van der Waals surface area contributed by atoms with Gasteiger partial charge >= 0.3 is 18.0 Å². The van der Waals surface area contributed by atoms with Gasteiger partial charge in [0.05, 0.1) is 0 Å². The van der Waals surface area contributed by atoms with E-state index in [0.29, 0.717) is 5.69 Å². The van der Waals surface area contributed by atoms with Crippen LogP contribution in [0.5, 0.6) is 0 Å². The fourth-order valence-electron chi connectivity index (χ4n) is 1.41. The summed E-state index contributed by atoms with van der Waals surface area (Å²) in [7, 11) is 0. The van der Waals surface area contributed by atoms with E-state index < -0.39 is 30.5 Å². The predicted octanol–water partition coefficient (Wildman–Crippen LogP) is 3.49. The Labute approximate surface area is 124 Å². The van der Waals surface area contributed by atoms with Crippen molar-refractivity contribution in [3.05, 3.63) is 28.5 Å². The third kappa shape index (κ3) is 3.60. The first-order valence-corrected chi connectivity index (χ1v) is 5.90. The molecule has 0 aliphatic heterocycles. The maximum atomic E-state index is 13.0. The van der Waals surface area contributed by atoms with Crippen LogP contribution in [0.25, 0.3) is 0 Å². The second kappa shape index (κ2) is 5.90. The molecule has 0 aliphatic rings. The third-order valence-electron chi connectivity index (χ3n) is 2.47. The van der Waals surface area contributed by atoms with Gasteiger partial charge in [-0.05, 0) is 24.6 Å². The van der Waals surface area contributed by atoms with Crippen molar-refractivity contribution in [1.29, 1.82) is 0 Å². The van der Waals surface area contributed by atoms with Crippen LogP contribution in [-0.2, 0) is 11.3 Å². The SMILES string of the molecule is Cc1cc(CNC(=O)C(F)(F)C(F)(F)C(F)(F)F)cc(Cl)n1. The van der Waals surface area contributed by atoms with E-state index in [1.165, 1.54) is 18.3 Å². The van der Waals surface area contributed by atoms with Gasteiger partial charge in [0.1, 0.15) is 5.15 Å². The van der Waals surface area contributed by atoms with Crippen molar-refractivity contribution in [2.45, 2.75) is 31.5 Å². The Hall–Kier alpha value is -1.58. The number of hydrogen-bond acceptors (Lipinski definition) is 2. The number of nitrogens with one attached hydrogen (secondary N) is 1. The molecule has 1 aromatic heterocycles. The van der Waals surface area contributed by atoms with Gasteiger partial charge in [-0.2, -0.15) is 30.7 Å². The van der Waals surface area contributed by atoms with Gasteiger partial charge < -0.3 is 5.32 Å². The van der Waals surface area contributed by atoms with Crippen LogP contribution in [0.4, 0.5) is 30.7 Å². The van der Waals surface area contributed by atoms with E-state index in [2.05, 4.69) is 4.98 Å². The summed E-state index contributed by atoms with van der Waals surface area (Å²) in [5.74, 6) is -15.2. The molecular formula is C11H8ClF7N2O. The van der Waals surface area contributed by atoms with Crippen molar-refractivity contribution < 1.29 is 35.5 Å². The Morgan fingerprint density at radius 3 is 2.18 bits per heavy atom. The van der Waals surface area contributed by atoms with E-state index in [-0.39, 0.29) is 10.7 Å². The number of pyridine rings is 1. The fourth-order valence-corrected chi connectivity index (χ4v) is 1.69. The van der Waals surface area contributed by atoms with Crippen LogP contribution in [0.1, 0.15) is 11.3 Å². The molecule has 0 spiro atoms. The van der Waals surface area contributed by atoms with Gasteiger partial charge in [-0.1, -0.05) is 11.6 Å². The second-order valence-electron chi connectivity index (χ2n) is 4.27. The number of rotatable bonds is 4. The lowest BCUT2D eigenvalue weighted by Gasteiger charge is -2.27. The molecular weight excluding hydrogens is 345 g/mol. The minimum Gasteiger partial charge on any atom is -0.347 e. The van der Waals surface area contributed by atoms with Crippen LogP contribution in [0.3, 0.4) is 0 Å². The summed E-state index contributed by atoms with van der Waals surface area (Å²) in [6, 6.07) is 2.42. The van der Waals surface area contributed by atoms with Crippen LogP contribution in [0, 0.1) is 6.92 Å². The highest BCUT2D eigenvalue weighted by molar-refractivity contribution is 6.29. The fraction of sp³-hybridized carbons (Fsp3) is 0.455. The lowest BCUT2D eigenvalue weighted by Crippen LogP contribution is -2.59. The molecule has 22 heavy (non-hydrogen) atoms. The smallest absolute Gasteiger partial charge is 0.347 e. The number of carbonyl (C=O) groups is 1. The molecule has 0 saturated heterocycles. The van der Waals surface area contributed by atoms with Gasteiger partial charge in [0, 0.05) is 12.2 Å². The summed E-state index contributed by atoms with van der Waals surface area (Å²) in [5.41, 5.74) is 0.445. The molecule has 1 rings (SSSR count). The first-order valence-electron chi connectivity index (χ1n) is 5.53. The molecule has 0 saturated carbocycles. The highest BCUT2D eigenvalue weighted by Crippen LogP contribution is 2.46. The van der Waals surface area contributed by atoms with E-state index >= 15 is 0 Å². The Bertz CT molecular complexity index is 554. The van der Waals surface area contributed by atoms with E-state index in [1.807, 2.05) is 0 Å². The lowest BCUT2D eigenvalue weighted by molar-refractivity contribution is -0.344. The van der Waals surface area contributed by atoms with Crippen molar-refractivity contribution in [3.8, 4) is 0 Å². The Balaban J connectivity index is 2.88. The topological polar surface area (TPSA) is 42.0 Å². The van der Waals surface area contributed by atoms with Crippen molar-refractivity contribution in [2.24, 2.45) is 0 Å². The first kappa shape index (κ1) is 18.5. The minimum absolute atomic E-state index is 0.0587. The molecule has 0 fully saturated rings. The highest BCUT2D eigenvalue weighted by Gasteiger charge is 2.76. The van der Waals surface area contributed by atoms with E-state index in [9.17, 15) is 35.5 Å². The summed E-state index contributed by atoms with van der Waals surface area (Å²) in [6.07, 6.45) is -6.57. The molecule has 1 N–H and O–H groups in total. The first-order chi connectivity index (χ1) is 9.79. The van der Waals surface area contributed by atoms with E-state index in [0.717, 1.165) is 6.07 Å². The molecule has 1 amide bonds. The molecule has 1 aromatic rings. The standard InChI is InChI=1S/C11H8ClF7N2O/c1-5-2-6(3-7(12)21-5)4-20-8(22)9(13,14)10(15,16)11(17,18)19/h2-3H,4H2,1H3,(H,20,22). The number of aryl methyl sites for hydroxylation is 1. The number of amides is 1. The number of carbonyl (C=O) groups excluding carboxylic acids is 1. The van der Waals surface area contributed by atoms with Crippen LogP contribution < -0.4 is 5.32 Å². The zero-order valence-corrected chi connectivity index (χ0v) is 11.5. The van der Waals surface area contributed by atoms with E-state index in [4.69, 9.17) is 11.6 Å². The summed E-state index contributed by atoms with van der Waals surface area (Å²) < 4.78 is 87.1. The molecule has 1 heterocycles. The van der Waals surface area contributed by atoms with Crippen LogP contribution in [0.15, 0.2) is 12.1 Å². The average molecular weight is 353 g/mol. The van der Waals surface area contributed by atoms with Gasteiger partial charge in [-0.3, -0.25) is 4.79 Å². The van der Waals surface area contributed by atoms with Crippen LogP contribution in [0.2, 0.25) is 5.15 Å². The summed E-state index contributed by atoms with van der Waals surface area (Å²) >= 11 is 5.55.